The predicted octanol–water partition coefficient (Wildman–Crippen LogP) is 5.38. The Morgan fingerprint density at radius 2 is 1.56 bits per heavy atom. The minimum atomic E-state index is -0.613. The molecule has 0 unspecified atom stereocenters. The number of hydrogen-bond acceptors (Lipinski definition) is 4. The second-order valence-electron chi connectivity index (χ2n) is 6.34. The summed E-state index contributed by atoms with van der Waals surface area (Å²) in [6.45, 7) is 5.52. The van der Waals surface area contributed by atoms with Crippen LogP contribution in [0.2, 0.25) is 0 Å². The SMILES string of the molecule is COc1cc(OC)cc(N(C(=O)OC(C)(C)C)c2ccccc2I)c1. The highest BCUT2D eigenvalue weighted by molar-refractivity contribution is 14.1. The van der Waals surface area contributed by atoms with Crippen LogP contribution >= 0.6 is 22.6 Å². The van der Waals surface area contributed by atoms with E-state index in [9.17, 15) is 4.79 Å². The van der Waals surface area contributed by atoms with Crippen LogP contribution in [0.4, 0.5) is 16.2 Å². The molecule has 2 aromatic rings. The quantitative estimate of drug-likeness (QED) is 0.581. The van der Waals surface area contributed by atoms with Gasteiger partial charge in [0.05, 0.1) is 25.6 Å². The van der Waals surface area contributed by atoms with Crippen LogP contribution in [-0.4, -0.2) is 25.9 Å². The minimum Gasteiger partial charge on any atom is -0.497 e. The van der Waals surface area contributed by atoms with E-state index in [-0.39, 0.29) is 0 Å². The van der Waals surface area contributed by atoms with E-state index in [2.05, 4.69) is 22.6 Å². The first-order valence-electron chi connectivity index (χ1n) is 7.76. The van der Waals surface area contributed by atoms with Gasteiger partial charge in [0.15, 0.2) is 0 Å². The van der Waals surface area contributed by atoms with Gasteiger partial charge in [0.1, 0.15) is 17.1 Å². The van der Waals surface area contributed by atoms with Crippen LogP contribution in [0, 0.1) is 3.57 Å². The molecule has 0 N–H and O–H groups in total. The monoisotopic (exact) mass is 455 g/mol. The molecule has 0 saturated carbocycles. The van der Waals surface area contributed by atoms with Crippen molar-refractivity contribution in [1.82, 2.24) is 0 Å². The van der Waals surface area contributed by atoms with Gasteiger partial charge in [0, 0.05) is 21.8 Å². The van der Waals surface area contributed by atoms with E-state index in [1.54, 1.807) is 32.4 Å². The predicted molar refractivity (Wildman–Crippen MR) is 107 cm³/mol. The zero-order valence-electron chi connectivity index (χ0n) is 15.0. The molecule has 5 nitrogen and oxygen atoms in total. The van der Waals surface area contributed by atoms with Crippen LogP contribution in [0.5, 0.6) is 11.5 Å². The molecule has 2 aromatic carbocycles. The van der Waals surface area contributed by atoms with E-state index in [4.69, 9.17) is 14.2 Å². The Kier molecular flexibility index (Phi) is 6.16. The Morgan fingerprint density at radius 3 is 2.04 bits per heavy atom. The number of rotatable bonds is 4. The van der Waals surface area contributed by atoms with Gasteiger partial charge >= 0.3 is 6.09 Å². The van der Waals surface area contributed by atoms with Crippen molar-refractivity contribution >= 4 is 40.1 Å². The number of nitrogens with zero attached hydrogens (tertiary/aromatic N) is 1. The molecular weight excluding hydrogens is 433 g/mol. The number of halogens is 1. The number of carbonyl (C=O) groups is 1. The molecule has 2 rings (SSSR count). The van der Waals surface area contributed by atoms with Crippen molar-refractivity contribution < 1.29 is 19.0 Å². The van der Waals surface area contributed by atoms with Gasteiger partial charge in [-0.2, -0.15) is 0 Å². The maximum atomic E-state index is 12.9. The molecule has 0 atom stereocenters. The topological polar surface area (TPSA) is 48.0 Å². The molecule has 0 heterocycles. The standard InChI is InChI=1S/C19H22INO4/c1-19(2,3)25-18(22)21(17-9-7-6-8-16(17)20)13-10-14(23-4)12-15(11-13)24-5/h6-12H,1-5H3. The second-order valence-corrected chi connectivity index (χ2v) is 7.50. The number of benzene rings is 2. The summed E-state index contributed by atoms with van der Waals surface area (Å²) < 4.78 is 17.2. The molecule has 0 spiro atoms. The first-order chi connectivity index (χ1) is 11.7. The fourth-order valence-electron chi connectivity index (χ4n) is 2.21. The maximum Gasteiger partial charge on any atom is 0.419 e. The summed E-state index contributed by atoms with van der Waals surface area (Å²) in [6, 6.07) is 12.9. The van der Waals surface area contributed by atoms with E-state index in [0.717, 1.165) is 9.26 Å². The van der Waals surface area contributed by atoms with E-state index < -0.39 is 11.7 Å². The maximum absolute atomic E-state index is 12.9. The van der Waals surface area contributed by atoms with Gasteiger partial charge < -0.3 is 14.2 Å². The molecule has 0 aromatic heterocycles. The van der Waals surface area contributed by atoms with Gasteiger partial charge in [-0.3, -0.25) is 0 Å². The Morgan fingerprint density at radius 1 is 1.00 bits per heavy atom. The fraction of sp³-hybridized carbons (Fsp3) is 0.316. The lowest BCUT2D eigenvalue weighted by molar-refractivity contribution is 0.0599. The smallest absolute Gasteiger partial charge is 0.419 e. The Labute approximate surface area is 162 Å². The van der Waals surface area contributed by atoms with Crippen LogP contribution in [0.3, 0.4) is 0 Å². The Bertz CT molecular complexity index is 733. The number of hydrogen-bond donors (Lipinski definition) is 0. The van der Waals surface area contributed by atoms with Crippen molar-refractivity contribution in [3.63, 3.8) is 0 Å². The molecule has 0 aliphatic heterocycles. The van der Waals surface area contributed by atoms with Crippen LogP contribution in [0.15, 0.2) is 42.5 Å². The van der Waals surface area contributed by atoms with Crippen LogP contribution in [-0.2, 0) is 4.74 Å². The van der Waals surface area contributed by atoms with Gasteiger partial charge in [-0.05, 0) is 55.5 Å². The van der Waals surface area contributed by atoms with Gasteiger partial charge in [0.25, 0.3) is 0 Å². The molecule has 0 saturated heterocycles. The second kappa shape index (κ2) is 7.95. The van der Waals surface area contributed by atoms with Gasteiger partial charge in [-0.1, -0.05) is 12.1 Å². The van der Waals surface area contributed by atoms with Gasteiger partial charge in [-0.25, -0.2) is 9.69 Å². The molecule has 0 bridgehead atoms. The fourth-order valence-corrected chi connectivity index (χ4v) is 2.83. The number of methoxy groups -OCH3 is 2. The van der Waals surface area contributed by atoms with Gasteiger partial charge in [-0.15, -0.1) is 0 Å². The largest absolute Gasteiger partial charge is 0.497 e. The molecular formula is C19H22INO4. The molecule has 0 fully saturated rings. The highest BCUT2D eigenvalue weighted by Crippen LogP contribution is 2.36. The number of ether oxygens (including phenoxy) is 3. The van der Waals surface area contributed by atoms with E-state index >= 15 is 0 Å². The van der Waals surface area contributed by atoms with Crippen molar-refractivity contribution in [3.8, 4) is 11.5 Å². The molecule has 0 aliphatic carbocycles. The lowest BCUT2D eigenvalue weighted by atomic mass is 10.2. The third-order valence-corrected chi connectivity index (χ3v) is 4.18. The first-order valence-corrected chi connectivity index (χ1v) is 8.84. The normalized spacial score (nSPS) is 11.0. The van der Waals surface area contributed by atoms with Crippen molar-refractivity contribution in [3.05, 3.63) is 46.0 Å². The molecule has 25 heavy (non-hydrogen) atoms. The van der Waals surface area contributed by atoms with E-state index in [0.29, 0.717) is 17.2 Å². The van der Waals surface area contributed by atoms with Crippen LogP contribution in [0.1, 0.15) is 20.8 Å². The molecule has 0 aliphatic rings. The number of amides is 1. The summed E-state index contributed by atoms with van der Waals surface area (Å²) in [7, 11) is 3.14. The number of carbonyl (C=O) groups excluding carboxylic acids is 1. The number of anilines is 2. The van der Waals surface area contributed by atoms with Crippen molar-refractivity contribution in [2.45, 2.75) is 26.4 Å². The summed E-state index contributed by atoms with van der Waals surface area (Å²) in [6.07, 6.45) is -0.466. The molecule has 6 heteroatoms. The summed E-state index contributed by atoms with van der Waals surface area (Å²) in [5, 5.41) is 0. The summed E-state index contributed by atoms with van der Waals surface area (Å²) in [5.74, 6) is 1.18. The van der Waals surface area contributed by atoms with Crippen molar-refractivity contribution in [2.75, 3.05) is 19.1 Å². The van der Waals surface area contributed by atoms with Crippen molar-refractivity contribution in [2.24, 2.45) is 0 Å². The zero-order chi connectivity index (χ0) is 18.6. The third kappa shape index (κ3) is 5.01. The summed E-state index contributed by atoms with van der Waals surface area (Å²) in [4.78, 5) is 14.5. The highest BCUT2D eigenvalue weighted by Gasteiger charge is 2.27. The first kappa shape index (κ1) is 19.4. The molecule has 134 valence electrons. The van der Waals surface area contributed by atoms with Crippen LogP contribution in [0.25, 0.3) is 0 Å². The average molecular weight is 455 g/mol. The highest BCUT2D eigenvalue weighted by atomic mass is 127. The average Bonchev–Trinajstić information content (AvgIpc) is 2.55. The van der Waals surface area contributed by atoms with E-state index in [1.165, 1.54) is 4.90 Å². The third-order valence-electron chi connectivity index (χ3n) is 3.26. The Hall–Kier alpha value is -1.96. The number of para-hydroxylation sites is 1. The van der Waals surface area contributed by atoms with Gasteiger partial charge in [0.2, 0.25) is 0 Å². The zero-order valence-corrected chi connectivity index (χ0v) is 17.2. The van der Waals surface area contributed by atoms with Crippen LogP contribution < -0.4 is 14.4 Å². The summed E-state index contributed by atoms with van der Waals surface area (Å²) in [5.41, 5.74) is 0.723. The lowest BCUT2D eigenvalue weighted by Gasteiger charge is -2.28. The Balaban J connectivity index is 2.59. The summed E-state index contributed by atoms with van der Waals surface area (Å²) >= 11 is 2.20. The van der Waals surface area contributed by atoms with Crippen molar-refractivity contribution in [1.29, 1.82) is 0 Å². The van der Waals surface area contributed by atoms with E-state index in [1.807, 2.05) is 45.0 Å². The minimum absolute atomic E-state index is 0.466. The lowest BCUT2D eigenvalue weighted by Crippen LogP contribution is -2.34. The molecule has 0 radical (unpaired) electrons. The molecule has 1 amide bonds.